The molecule has 1 amide bonds. The largest absolute Gasteiger partial charge is 0.325 e. The SMILES string of the molecule is O=C(CN1c2ccc(Cl)cc2-c2ccccc2S1(=O)=O)Nc1ccccc1. The summed E-state index contributed by atoms with van der Waals surface area (Å²) in [6, 6.07) is 20.6. The quantitative estimate of drug-likeness (QED) is 0.720. The molecule has 1 aliphatic rings. The summed E-state index contributed by atoms with van der Waals surface area (Å²) in [5.74, 6) is -0.426. The second-order valence-electron chi connectivity index (χ2n) is 6.08. The van der Waals surface area contributed by atoms with Gasteiger partial charge in [0.2, 0.25) is 5.91 Å². The number of hydrogen-bond acceptors (Lipinski definition) is 3. The van der Waals surface area contributed by atoms with Crippen LogP contribution < -0.4 is 9.62 Å². The zero-order chi connectivity index (χ0) is 19.0. The lowest BCUT2D eigenvalue weighted by Crippen LogP contribution is -2.40. The van der Waals surface area contributed by atoms with Crippen molar-refractivity contribution in [1.29, 1.82) is 0 Å². The van der Waals surface area contributed by atoms with Crippen LogP contribution in [0.1, 0.15) is 0 Å². The van der Waals surface area contributed by atoms with E-state index in [0.29, 0.717) is 27.5 Å². The molecule has 0 saturated heterocycles. The van der Waals surface area contributed by atoms with Crippen LogP contribution in [-0.2, 0) is 14.8 Å². The van der Waals surface area contributed by atoms with E-state index in [1.807, 2.05) is 6.07 Å². The van der Waals surface area contributed by atoms with Crippen molar-refractivity contribution in [2.24, 2.45) is 0 Å². The third-order valence-electron chi connectivity index (χ3n) is 4.32. The monoisotopic (exact) mass is 398 g/mol. The molecule has 0 unspecified atom stereocenters. The van der Waals surface area contributed by atoms with E-state index in [4.69, 9.17) is 11.6 Å². The number of nitrogens with zero attached hydrogens (tertiary/aromatic N) is 1. The number of rotatable bonds is 3. The molecule has 1 N–H and O–H groups in total. The molecular weight excluding hydrogens is 384 g/mol. The number of nitrogens with one attached hydrogen (secondary N) is 1. The van der Waals surface area contributed by atoms with E-state index in [1.165, 1.54) is 6.07 Å². The Hall–Kier alpha value is -2.83. The maximum atomic E-state index is 13.2. The average molecular weight is 399 g/mol. The van der Waals surface area contributed by atoms with Crippen molar-refractivity contribution in [2.75, 3.05) is 16.2 Å². The number of halogens is 1. The summed E-state index contributed by atoms with van der Waals surface area (Å²) in [5, 5.41) is 3.22. The predicted octanol–water partition coefficient (Wildman–Crippen LogP) is 4.15. The minimum absolute atomic E-state index is 0.160. The molecule has 0 saturated carbocycles. The third kappa shape index (κ3) is 3.18. The van der Waals surface area contributed by atoms with Crippen molar-refractivity contribution in [2.45, 2.75) is 4.90 Å². The van der Waals surface area contributed by atoms with Crippen LogP contribution in [0.5, 0.6) is 0 Å². The first-order valence-electron chi connectivity index (χ1n) is 8.23. The van der Waals surface area contributed by atoms with Crippen LogP contribution in [0.15, 0.2) is 77.7 Å². The highest BCUT2D eigenvalue weighted by atomic mass is 35.5. The van der Waals surface area contributed by atoms with Gasteiger partial charge in [0.05, 0.1) is 10.6 Å². The van der Waals surface area contributed by atoms with Gasteiger partial charge in [-0.1, -0.05) is 48.0 Å². The standard InChI is InChI=1S/C20H15ClN2O3S/c21-14-10-11-18-17(12-14)16-8-4-5-9-19(16)27(25,26)23(18)13-20(24)22-15-6-2-1-3-7-15/h1-12H,13H2,(H,22,24). The second-order valence-corrected chi connectivity index (χ2v) is 8.35. The molecule has 5 nitrogen and oxygen atoms in total. The molecule has 1 aliphatic heterocycles. The highest BCUT2D eigenvalue weighted by molar-refractivity contribution is 7.93. The van der Waals surface area contributed by atoms with E-state index in [1.54, 1.807) is 60.7 Å². The van der Waals surface area contributed by atoms with Gasteiger partial charge >= 0.3 is 0 Å². The zero-order valence-electron chi connectivity index (χ0n) is 14.1. The van der Waals surface area contributed by atoms with Gasteiger partial charge in [-0.2, -0.15) is 0 Å². The first-order chi connectivity index (χ1) is 13.0. The Morgan fingerprint density at radius 1 is 0.926 bits per heavy atom. The van der Waals surface area contributed by atoms with Crippen molar-refractivity contribution in [3.05, 3.63) is 77.8 Å². The molecule has 1 heterocycles. The third-order valence-corrected chi connectivity index (χ3v) is 6.37. The topological polar surface area (TPSA) is 66.5 Å². The summed E-state index contributed by atoms with van der Waals surface area (Å²) in [7, 11) is -3.87. The van der Waals surface area contributed by atoms with Gasteiger partial charge in [0.1, 0.15) is 6.54 Å². The molecule has 27 heavy (non-hydrogen) atoms. The van der Waals surface area contributed by atoms with Crippen molar-refractivity contribution >= 4 is 38.9 Å². The molecule has 3 aromatic carbocycles. The van der Waals surface area contributed by atoms with Crippen LogP contribution in [0.25, 0.3) is 11.1 Å². The predicted molar refractivity (Wildman–Crippen MR) is 106 cm³/mol. The lowest BCUT2D eigenvalue weighted by Gasteiger charge is -2.31. The van der Waals surface area contributed by atoms with E-state index in [-0.39, 0.29) is 11.4 Å². The Morgan fingerprint density at radius 2 is 1.63 bits per heavy atom. The van der Waals surface area contributed by atoms with Crippen LogP contribution in [0.3, 0.4) is 0 Å². The maximum Gasteiger partial charge on any atom is 0.265 e. The first kappa shape index (κ1) is 17.6. The fourth-order valence-corrected chi connectivity index (χ4v) is 4.95. The van der Waals surface area contributed by atoms with Crippen molar-refractivity contribution < 1.29 is 13.2 Å². The van der Waals surface area contributed by atoms with E-state index in [2.05, 4.69) is 5.32 Å². The molecule has 3 aromatic rings. The molecule has 0 bridgehead atoms. The van der Waals surface area contributed by atoms with Gasteiger partial charge in [-0.25, -0.2) is 8.42 Å². The minimum Gasteiger partial charge on any atom is -0.325 e. The Morgan fingerprint density at radius 3 is 2.41 bits per heavy atom. The van der Waals surface area contributed by atoms with Gasteiger partial charge in [-0.05, 0) is 36.4 Å². The summed E-state index contributed by atoms with van der Waals surface area (Å²) < 4.78 is 27.4. The van der Waals surface area contributed by atoms with Crippen LogP contribution >= 0.6 is 11.6 Å². The number of sulfonamides is 1. The number of carbonyl (C=O) groups excluding carboxylic acids is 1. The van der Waals surface area contributed by atoms with E-state index >= 15 is 0 Å². The first-order valence-corrected chi connectivity index (χ1v) is 10.1. The Bertz CT molecular complexity index is 1130. The number of para-hydroxylation sites is 1. The normalized spacial score (nSPS) is 14.2. The number of fused-ring (bicyclic) bond motifs is 3. The lowest BCUT2D eigenvalue weighted by molar-refractivity contribution is -0.114. The van der Waals surface area contributed by atoms with Gasteiger partial charge in [0, 0.05) is 21.8 Å². The number of benzene rings is 3. The fraction of sp³-hybridized carbons (Fsp3) is 0.0500. The van der Waals surface area contributed by atoms with Gasteiger partial charge < -0.3 is 5.32 Å². The second kappa shape index (κ2) is 6.72. The molecule has 0 aromatic heterocycles. The van der Waals surface area contributed by atoms with E-state index < -0.39 is 15.9 Å². The number of carbonyl (C=O) groups is 1. The van der Waals surface area contributed by atoms with Crippen molar-refractivity contribution in [3.63, 3.8) is 0 Å². The van der Waals surface area contributed by atoms with Gasteiger partial charge in [-0.3, -0.25) is 9.10 Å². The highest BCUT2D eigenvalue weighted by Crippen LogP contribution is 2.43. The van der Waals surface area contributed by atoms with Crippen LogP contribution in [0.2, 0.25) is 5.02 Å². The summed E-state index contributed by atoms with van der Waals surface area (Å²) in [4.78, 5) is 12.7. The molecule has 0 fully saturated rings. The molecule has 7 heteroatoms. The fourth-order valence-electron chi connectivity index (χ4n) is 3.13. The summed E-state index contributed by atoms with van der Waals surface area (Å²) in [5.41, 5.74) is 2.30. The zero-order valence-corrected chi connectivity index (χ0v) is 15.7. The summed E-state index contributed by atoms with van der Waals surface area (Å²) >= 11 is 6.13. The molecule has 0 radical (unpaired) electrons. The molecule has 0 spiro atoms. The maximum absolute atomic E-state index is 13.2. The molecule has 136 valence electrons. The van der Waals surface area contributed by atoms with Gasteiger partial charge in [0.15, 0.2) is 0 Å². The van der Waals surface area contributed by atoms with E-state index in [0.717, 1.165) is 4.31 Å². The lowest BCUT2D eigenvalue weighted by atomic mass is 10.0. The number of anilines is 2. The Labute approximate surface area is 162 Å². The van der Waals surface area contributed by atoms with Gasteiger partial charge in [0.25, 0.3) is 10.0 Å². The van der Waals surface area contributed by atoms with E-state index in [9.17, 15) is 13.2 Å². The smallest absolute Gasteiger partial charge is 0.265 e. The van der Waals surface area contributed by atoms with Crippen LogP contribution in [0, 0.1) is 0 Å². The average Bonchev–Trinajstić information content (AvgIpc) is 2.66. The Kier molecular flexibility index (Phi) is 4.37. The Balaban J connectivity index is 1.76. The summed E-state index contributed by atoms with van der Waals surface area (Å²) in [6.45, 7) is -0.333. The van der Waals surface area contributed by atoms with Crippen molar-refractivity contribution in [1.82, 2.24) is 0 Å². The highest BCUT2D eigenvalue weighted by Gasteiger charge is 2.35. The van der Waals surface area contributed by atoms with Gasteiger partial charge in [-0.15, -0.1) is 0 Å². The molecule has 0 aliphatic carbocycles. The number of amides is 1. The molecular formula is C20H15ClN2O3S. The summed E-state index contributed by atoms with van der Waals surface area (Å²) in [6.07, 6.45) is 0. The number of hydrogen-bond donors (Lipinski definition) is 1. The molecule has 0 atom stereocenters. The van der Waals surface area contributed by atoms with Crippen LogP contribution in [0.4, 0.5) is 11.4 Å². The molecule has 4 rings (SSSR count). The minimum atomic E-state index is -3.87. The van der Waals surface area contributed by atoms with Crippen LogP contribution in [-0.4, -0.2) is 20.9 Å². The van der Waals surface area contributed by atoms with Crippen molar-refractivity contribution in [3.8, 4) is 11.1 Å².